The lowest BCUT2D eigenvalue weighted by molar-refractivity contribution is 0.221. The van der Waals surface area contributed by atoms with E-state index in [-0.39, 0.29) is 4.90 Å². The maximum absolute atomic E-state index is 12.2. The van der Waals surface area contributed by atoms with E-state index in [4.69, 9.17) is 14.9 Å². The van der Waals surface area contributed by atoms with Crippen LogP contribution in [0.3, 0.4) is 0 Å². The molecule has 0 bridgehead atoms. The molecule has 0 amide bonds. The minimum Gasteiger partial charge on any atom is -0.482 e. The maximum Gasteiger partial charge on any atom is 0.238 e. The number of methoxy groups -OCH3 is 1. The van der Waals surface area contributed by atoms with Gasteiger partial charge in [-0.2, -0.15) is 0 Å². The fourth-order valence-corrected chi connectivity index (χ4v) is 6.36. The molecule has 9 nitrogen and oxygen atoms in total. The third-order valence-corrected chi connectivity index (χ3v) is 9.02. The number of sulfonamides is 1. The van der Waals surface area contributed by atoms with Gasteiger partial charge in [-0.1, -0.05) is 31.2 Å². The largest absolute Gasteiger partial charge is 0.482 e. The Balaban J connectivity index is 1.54. The van der Waals surface area contributed by atoms with Crippen molar-refractivity contribution in [1.82, 2.24) is 20.2 Å². The molecule has 1 aliphatic carbocycles. The molecule has 5 rings (SSSR count). The van der Waals surface area contributed by atoms with Crippen molar-refractivity contribution >= 4 is 26.9 Å². The molecule has 1 fully saturated rings. The van der Waals surface area contributed by atoms with Crippen LogP contribution in [0.25, 0.3) is 10.9 Å². The molecule has 2 aromatic carbocycles. The quantitative estimate of drug-likeness (QED) is 0.376. The molecule has 1 aliphatic heterocycles. The molecule has 1 saturated carbocycles. The molecule has 0 spiro atoms. The predicted octanol–water partition coefficient (Wildman–Crippen LogP) is 4.02. The van der Waals surface area contributed by atoms with Gasteiger partial charge in [0.25, 0.3) is 0 Å². The zero-order chi connectivity index (χ0) is 28.5. The fourth-order valence-electron chi connectivity index (χ4n) is 5.80. The topological polar surface area (TPSA) is 122 Å². The number of aryl methyl sites for hydroxylation is 1. The van der Waals surface area contributed by atoms with Crippen LogP contribution in [-0.2, 0) is 26.7 Å². The molecule has 40 heavy (non-hydrogen) atoms. The average molecular weight is 563 g/mol. The lowest BCUT2D eigenvalue weighted by Crippen LogP contribution is -2.43. The highest BCUT2D eigenvalue weighted by Gasteiger charge is 2.36. The number of anilines is 1. The first-order chi connectivity index (χ1) is 19.1. The molecular formula is C30H38N6O3S. The number of allylic oxidation sites excluding steroid dienone is 2. The minimum absolute atomic E-state index is 0.0447. The monoisotopic (exact) mass is 562 g/mol. The van der Waals surface area contributed by atoms with Gasteiger partial charge in [-0.15, -0.1) is 0 Å². The molecule has 4 N–H and O–H groups in total. The van der Waals surface area contributed by atoms with Crippen LogP contribution in [0, 0.1) is 0 Å². The van der Waals surface area contributed by atoms with Gasteiger partial charge in [0.15, 0.2) is 5.88 Å². The van der Waals surface area contributed by atoms with Gasteiger partial charge in [-0.05, 0) is 93.2 Å². The Kier molecular flexibility index (Phi) is 7.85. The summed E-state index contributed by atoms with van der Waals surface area (Å²) < 4.78 is 30.0. The summed E-state index contributed by atoms with van der Waals surface area (Å²) in [5, 5.41) is 13.4. The zero-order valence-electron chi connectivity index (χ0n) is 23.5. The van der Waals surface area contributed by atoms with Gasteiger partial charge in [-0.3, -0.25) is 0 Å². The average Bonchev–Trinajstić information content (AvgIpc) is 2.96. The number of hydrogen-bond acceptors (Lipinski definition) is 8. The van der Waals surface area contributed by atoms with Crippen LogP contribution < -0.4 is 15.8 Å². The molecule has 10 heteroatoms. The summed E-state index contributed by atoms with van der Waals surface area (Å²) in [6.07, 6.45) is 12.9. The van der Waals surface area contributed by atoms with Crippen LogP contribution in [0.5, 0.6) is 0 Å². The van der Waals surface area contributed by atoms with E-state index < -0.39 is 15.6 Å². The highest BCUT2D eigenvalue weighted by Crippen LogP contribution is 2.38. The normalized spacial score (nSPS) is 23.1. The van der Waals surface area contributed by atoms with E-state index in [1.54, 1.807) is 19.2 Å². The summed E-state index contributed by atoms with van der Waals surface area (Å²) in [6, 6.07) is 11.9. The van der Waals surface area contributed by atoms with E-state index >= 15 is 0 Å². The first kappa shape index (κ1) is 28.1. The van der Waals surface area contributed by atoms with Crippen LogP contribution in [0.2, 0.25) is 0 Å². The van der Waals surface area contributed by atoms with E-state index in [0.717, 1.165) is 54.1 Å². The van der Waals surface area contributed by atoms with Crippen molar-refractivity contribution in [3.05, 3.63) is 83.4 Å². The van der Waals surface area contributed by atoms with Crippen molar-refractivity contribution in [3.8, 4) is 0 Å². The first-order valence-electron chi connectivity index (χ1n) is 13.7. The van der Waals surface area contributed by atoms with Gasteiger partial charge in [0.05, 0.1) is 17.5 Å². The summed E-state index contributed by atoms with van der Waals surface area (Å²) in [4.78, 5) is 12.0. The third kappa shape index (κ3) is 5.56. The van der Waals surface area contributed by atoms with Crippen molar-refractivity contribution in [2.75, 3.05) is 26.5 Å². The standard InChI is InChI=1S/C30H38N6O3S/c1-5-20-16-23(17-21-19-32-29(34-28(20)21)33-24-11-13-25(14-12-24)36(2)3)30(15-7-10-27(35-30)39-4)22-8-6-9-26(18-22)40(31,37)38/h6-10,15-19,24-25,35H,5,11-14H2,1-4H3,(H2,31,37,38)(H,32,33,34). The molecule has 1 atom stereocenters. The van der Waals surface area contributed by atoms with E-state index in [2.05, 4.69) is 53.7 Å². The third-order valence-electron chi connectivity index (χ3n) is 8.11. The van der Waals surface area contributed by atoms with Crippen LogP contribution in [0.15, 0.2) is 71.6 Å². The highest BCUT2D eigenvalue weighted by molar-refractivity contribution is 7.89. The van der Waals surface area contributed by atoms with Gasteiger partial charge >= 0.3 is 0 Å². The molecular weight excluding hydrogens is 524 g/mol. The maximum atomic E-state index is 12.2. The summed E-state index contributed by atoms with van der Waals surface area (Å²) in [5.74, 6) is 1.21. The van der Waals surface area contributed by atoms with Gasteiger partial charge in [-0.25, -0.2) is 23.5 Å². The SMILES string of the molecule is CCc1cc(C2(c3cccc(S(N)(=O)=O)c3)C=CC=C(OC)N2)cc2cnc(NC3CCC(N(C)C)CC3)nc12. The van der Waals surface area contributed by atoms with Crippen molar-refractivity contribution in [3.63, 3.8) is 0 Å². The number of fused-ring (bicyclic) bond motifs is 1. The molecule has 0 saturated heterocycles. The number of primary sulfonamides is 1. The van der Waals surface area contributed by atoms with Crippen molar-refractivity contribution in [2.24, 2.45) is 5.14 Å². The predicted molar refractivity (Wildman–Crippen MR) is 158 cm³/mol. The Morgan fingerprint density at radius 2 is 1.93 bits per heavy atom. The Morgan fingerprint density at radius 3 is 2.60 bits per heavy atom. The number of rotatable bonds is 8. The van der Waals surface area contributed by atoms with E-state index in [1.807, 2.05) is 30.5 Å². The Morgan fingerprint density at radius 1 is 1.15 bits per heavy atom. The van der Waals surface area contributed by atoms with Gasteiger partial charge in [0.1, 0.15) is 5.54 Å². The van der Waals surface area contributed by atoms with Gasteiger partial charge in [0.2, 0.25) is 16.0 Å². The Hall–Kier alpha value is -3.47. The number of hydrogen-bond donors (Lipinski definition) is 3. The van der Waals surface area contributed by atoms with Crippen molar-refractivity contribution < 1.29 is 13.2 Å². The van der Waals surface area contributed by atoms with Gasteiger partial charge in [0, 0.05) is 23.7 Å². The van der Waals surface area contributed by atoms with E-state index in [1.165, 1.54) is 6.07 Å². The second kappa shape index (κ2) is 11.2. The number of ether oxygens (including phenoxy) is 1. The number of nitrogens with zero attached hydrogens (tertiary/aromatic N) is 3. The Labute approximate surface area is 236 Å². The molecule has 1 unspecified atom stereocenters. The Bertz CT molecular complexity index is 1560. The molecule has 212 valence electrons. The highest BCUT2D eigenvalue weighted by atomic mass is 32.2. The van der Waals surface area contributed by atoms with E-state index in [0.29, 0.717) is 29.5 Å². The number of nitrogens with one attached hydrogen (secondary N) is 2. The number of aromatic nitrogens is 2. The van der Waals surface area contributed by atoms with Crippen LogP contribution in [-0.4, -0.2) is 56.6 Å². The lowest BCUT2D eigenvalue weighted by atomic mass is 9.80. The molecule has 0 radical (unpaired) electrons. The first-order valence-corrected chi connectivity index (χ1v) is 15.3. The van der Waals surface area contributed by atoms with Crippen LogP contribution in [0.4, 0.5) is 5.95 Å². The molecule has 2 heterocycles. The second-order valence-corrected chi connectivity index (χ2v) is 12.4. The minimum atomic E-state index is -3.89. The zero-order valence-corrected chi connectivity index (χ0v) is 24.3. The molecule has 3 aromatic rings. The van der Waals surface area contributed by atoms with E-state index in [9.17, 15) is 8.42 Å². The number of benzene rings is 2. The van der Waals surface area contributed by atoms with Gasteiger partial charge < -0.3 is 20.3 Å². The summed E-state index contributed by atoms with van der Waals surface area (Å²) >= 11 is 0. The van der Waals surface area contributed by atoms with Crippen LogP contribution >= 0.6 is 0 Å². The van der Waals surface area contributed by atoms with Crippen molar-refractivity contribution in [2.45, 2.75) is 61.5 Å². The summed E-state index contributed by atoms with van der Waals surface area (Å²) in [7, 11) is 2.00. The molecule has 1 aromatic heterocycles. The summed E-state index contributed by atoms with van der Waals surface area (Å²) in [6.45, 7) is 2.11. The number of nitrogens with two attached hydrogens (primary N) is 1. The van der Waals surface area contributed by atoms with Crippen molar-refractivity contribution in [1.29, 1.82) is 0 Å². The number of dihydropyridines is 1. The fraction of sp³-hybridized carbons (Fsp3) is 0.400. The second-order valence-electron chi connectivity index (χ2n) is 10.8. The molecule has 2 aliphatic rings. The lowest BCUT2D eigenvalue weighted by Gasteiger charge is -2.37. The smallest absolute Gasteiger partial charge is 0.238 e. The summed E-state index contributed by atoms with van der Waals surface area (Å²) in [5.41, 5.74) is 2.70. The van der Waals surface area contributed by atoms with Crippen LogP contribution in [0.1, 0.15) is 49.3 Å².